The monoisotopic (exact) mass is 265 g/mol. The highest BCUT2D eigenvalue weighted by Crippen LogP contribution is 2.21. The van der Waals surface area contributed by atoms with Gasteiger partial charge in [-0.25, -0.2) is 4.79 Å². The van der Waals surface area contributed by atoms with Gasteiger partial charge in [0, 0.05) is 29.7 Å². The third-order valence-electron chi connectivity index (χ3n) is 3.22. The first kappa shape index (κ1) is 13.1. The predicted octanol–water partition coefficient (Wildman–Crippen LogP) is 2.63. The molecule has 5 heteroatoms. The molecule has 1 fully saturated rings. The Labute approximate surface area is 112 Å². The van der Waals surface area contributed by atoms with E-state index in [4.69, 9.17) is 5.73 Å². The van der Waals surface area contributed by atoms with E-state index in [1.54, 1.807) is 12.1 Å². The molecule has 0 atom stereocenters. The maximum Gasteiger partial charge on any atom is 0.321 e. The molecule has 0 unspecified atom stereocenters. The summed E-state index contributed by atoms with van der Waals surface area (Å²) >= 11 is 1.89. The molecule has 1 aromatic rings. The number of piperidine rings is 1. The molecule has 1 heterocycles. The lowest BCUT2D eigenvalue weighted by molar-refractivity contribution is 0.201. The fourth-order valence-corrected chi connectivity index (χ4v) is 2.75. The van der Waals surface area contributed by atoms with Crippen molar-refractivity contribution in [2.45, 2.75) is 18.1 Å². The van der Waals surface area contributed by atoms with Gasteiger partial charge >= 0.3 is 6.03 Å². The van der Waals surface area contributed by atoms with Gasteiger partial charge in [-0.1, -0.05) is 0 Å². The van der Waals surface area contributed by atoms with Crippen LogP contribution in [0.25, 0.3) is 0 Å². The summed E-state index contributed by atoms with van der Waals surface area (Å²) in [6.07, 6.45) is 4.29. The van der Waals surface area contributed by atoms with Crippen LogP contribution in [0.4, 0.5) is 16.2 Å². The molecule has 0 saturated carbocycles. The molecule has 98 valence electrons. The van der Waals surface area contributed by atoms with Crippen molar-refractivity contribution in [2.24, 2.45) is 0 Å². The predicted molar refractivity (Wildman–Crippen MR) is 78.0 cm³/mol. The van der Waals surface area contributed by atoms with Crippen molar-refractivity contribution in [1.82, 2.24) is 4.90 Å². The van der Waals surface area contributed by atoms with Gasteiger partial charge in [0.05, 0.1) is 0 Å². The lowest BCUT2D eigenvalue weighted by Crippen LogP contribution is -2.41. The number of nitrogens with zero attached hydrogens (tertiary/aromatic N) is 1. The molecule has 1 saturated heterocycles. The second-order valence-corrected chi connectivity index (χ2v) is 5.61. The van der Waals surface area contributed by atoms with E-state index in [-0.39, 0.29) is 6.03 Å². The highest BCUT2D eigenvalue weighted by molar-refractivity contribution is 7.99. The van der Waals surface area contributed by atoms with Crippen molar-refractivity contribution in [3.8, 4) is 0 Å². The van der Waals surface area contributed by atoms with Gasteiger partial charge in [-0.3, -0.25) is 0 Å². The van der Waals surface area contributed by atoms with Gasteiger partial charge in [-0.05, 0) is 43.4 Å². The number of likely N-dealkylation sites (tertiary alicyclic amines) is 1. The van der Waals surface area contributed by atoms with E-state index in [0.29, 0.717) is 10.9 Å². The zero-order valence-electron chi connectivity index (χ0n) is 10.6. The normalized spacial score (nSPS) is 16.6. The number of nitrogen functional groups attached to an aromatic ring is 1. The lowest BCUT2D eigenvalue weighted by atomic mass is 10.1. The summed E-state index contributed by atoms with van der Waals surface area (Å²) in [4.78, 5) is 13.9. The van der Waals surface area contributed by atoms with Crippen LogP contribution in [-0.4, -0.2) is 35.5 Å². The van der Waals surface area contributed by atoms with E-state index >= 15 is 0 Å². The molecule has 2 amide bonds. The first-order valence-corrected chi connectivity index (χ1v) is 7.42. The molecule has 3 N–H and O–H groups in total. The molecular formula is C13H19N3OS. The molecule has 0 spiro atoms. The van der Waals surface area contributed by atoms with Gasteiger partial charge in [0.25, 0.3) is 0 Å². The number of nitrogens with one attached hydrogen (secondary N) is 1. The van der Waals surface area contributed by atoms with Crippen LogP contribution in [0, 0.1) is 0 Å². The summed E-state index contributed by atoms with van der Waals surface area (Å²) < 4.78 is 0. The number of carbonyl (C=O) groups excluding carboxylic acids is 1. The molecule has 0 bridgehead atoms. The average Bonchev–Trinajstić information content (AvgIpc) is 2.41. The number of anilines is 2. The van der Waals surface area contributed by atoms with Gasteiger partial charge in [0.1, 0.15) is 0 Å². The van der Waals surface area contributed by atoms with Crippen molar-refractivity contribution in [1.29, 1.82) is 0 Å². The number of thioether (sulfide) groups is 1. The van der Waals surface area contributed by atoms with Crippen molar-refractivity contribution < 1.29 is 4.79 Å². The Bertz CT molecular complexity index is 399. The smallest absolute Gasteiger partial charge is 0.321 e. The van der Waals surface area contributed by atoms with Crippen LogP contribution in [0.1, 0.15) is 12.8 Å². The van der Waals surface area contributed by atoms with Gasteiger partial charge in [-0.15, -0.1) is 0 Å². The number of nitrogens with two attached hydrogens (primary N) is 1. The lowest BCUT2D eigenvalue weighted by Gasteiger charge is -2.31. The van der Waals surface area contributed by atoms with Crippen LogP contribution in [-0.2, 0) is 0 Å². The number of carbonyl (C=O) groups is 1. The molecule has 0 aromatic heterocycles. The summed E-state index contributed by atoms with van der Waals surface area (Å²) in [5.41, 5.74) is 7.10. The van der Waals surface area contributed by atoms with Crippen molar-refractivity contribution in [3.63, 3.8) is 0 Å². The number of urea groups is 1. The van der Waals surface area contributed by atoms with Crippen LogP contribution in [0.3, 0.4) is 0 Å². The first-order chi connectivity index (χ1) is 8.69. The molecule has 1 aliphatic rings. The Hall–Kier alpha value is -1.36. The third kappa shape index (κ3) is 3.32. The number of amides is 2. The van der Waals surface area contributed by atoms with Crippen molar-refractivity contribution >= 4 is 29.2 Å². The number of hydrogen-bond donors (Lipinski definition) is 2. The Kier molecular flexibility index (Phi) is 4.36. The van der Waals surface area contributed by atoms with Crippen LogP contribution < -0.4 is 11.1 Å². The van der Waals surface area contributed by atoms with Crippen LogP contribution >= 0.6 is 11.8 Å². The zero-order chi connectivity index (χ0) is 13.0. The molecule has 1 aliphatic heterocycles. The minimum absolute atomic E-state index is 0.0145. The van der Waals surface area contributed by atoms with E-state index in [1.807, 2.05) is 28.8 Å². The second-order valence-electron chi connectivity index (χ2n) is 4.47. The van der Waals surface area contributed by atoms with Crippen LogP contribution in [0.15, 0.2) is 24.3 Å². The molecule has 18 heavy (non-hydrogen) atoms. The quantitative estimate of drug-likeness (QED) is 0.808. The second kappa shape index (κ2) is 6.00. The Balaban J connectivity index is 1.87. The fraction of sp³-hybridized carbons (Fsp3) is 0.462. The summed E-state index contributed by atoms with van der Waals surface area (Å²) in [6, 6.07) is 7.20. The van der Waals surface area contributed by atoms with Crippen LogP contribution in [0.5, 0.6) is 0 Å². The first-order valence-electron chi connectivity index (χ1n) is 6.13. The molecular weight excluding hydrogens is 246 g/mol. The summed E-state index contributed by atoms with van der Waals surface area (Å²) in [5, 5.41) is 3.60. The SMILES string of the molecule is CSC1CCN(C(=O)Nc2ccc(N)cc2)CC1. The van der Waals surface area contributed by atoms with Crippen LogP contribution in [0.2, 0.25) is 0 Å². The number of rotatable bonds is 2. The highest BCUT2D eigenvalue weighted by atomic mass is 32.2. The highest BCUT2D eigenvalue weighted by Gasteiger charge is 2.21. The summed E-state index contributed by atoms with van der Waals surface area (Å²) in [6.45, 7) is 1.68. The number of hydrogen-bond acceptors (Lipinski definition) is 3. The summed E-state index contributed by atoms with van der Waals surface area (Å²) in [5.74, 6) is 0. The molecule has 2 rings (SSSR count). The Morgan fingerprint density at radius 3 is 2.50 bits per heavy atom. The zero-order valence-corrected chi connectivity index (χ0v) is 11.4. The van der Waals surface area contributed by atoms with E-state index in [2.05, 4.69) is 11.6 Å². The summed E-state index contributed by atoms with van der Waals surface area (Å²) in [7, 11) is 0. The van der Waals surface area contributed by atoms with Gasteiger partial charge in [0.2, 0.25) is 0 Å². The topological polar surface area (TPSA) is 58.4 Å². The van der Waals surface area contributed by atoms with E-state index in [9.17, 15) is 4.79 Å². The van der Waals surface area contributed by atoms with Crippen molar-refractivity contribution in [2.75, 3.05) is 30.4 Å². The molecule has 0 aliphatic carbocycles. The largest absolute Gasteiger partial charge is 0.399 e. The van der Waals surface area contributed by atoms with Gasteiger partial charge in [-0.2, -0.15) is 11.8 Å². The van der Waals surface area contributed by atoms with Gasteiger partial charge in [0.15, 0.2) is 0 Å². The van der Waals surface area contributed by atoms with E-state index < -0.39 is 0 Å². The Morgan fingerprint density at radius 2 is 1.94 bits per heavy atom. The van der Waals surface area contributed by atoms with Gasteiger partial charge < -0.3 is 16.0 Å². The number of benzene rings is 1. The third-order valence-corrected chi connectivity index (χ3v) is 4.36. The molecule has 1 aromatic carbocycles. The molecule has 0 radical (unpaired) electrons. The Morgan fingerprint density at radius 1 is 1.33 bits per heavy atom. The van der Waals surface area contributed by atoms with E-state index in [1.165, 1.54) is 0 Å². The minimum Gasteiger partial charge on any atom is -0.399 e. The average molecular weight is 265 g/mol. The molecule has 4 nitrogen and oxygen atoms in total. The minimum atomic E-state index is -0.0145. The van der Waals surface area contributed by atoms with E-state index in [0.717, 1.165) is 31.6 Å². The standard InChI is InChI=1S/C13H19N3OS/c1-18-12-6-8-16(9-7-12)13(17)15-11-4-2-10(14)3-5-11/h2-5,12H,6-9,14H2,1H3,(H,15,17). The maximum atomic E-state index is 12.0. The van der Waals surface area contributed by atoms with Crippen molar-refractivity contribution in [3.05, 3.63) is 24.3 Å². The maximum absolute atomic E-state index is 12.0. The fourth-order valence-electron chi connectivity index (χ4n) is 2.06.